The predicted octanol–water partition coefficient (Wildman–Crippen LogP) is 6.40. The molecule has 0 atom stereocenters. The number of nitrogens with zero attached hydrogens (tertiary/aromatic N) is 5. The number of unbranched alkanes of at least 4 members (excludes halogenated alkanes) is 1. The summed E-state index contributed by atoms with van der Waals surface area (Å²) in [6, 6.07) is 32.2. The zero-order chi connectivity index (χ0) is 25.3. The van der Waals surface area contributed by atoms with Crippen molar-refractivity contribution in [2.45, 2.75) is 52.2 Å². The van der Waals surface area contributed by atoms with Crippen LogP contribution in [-0.4, -0.2) is 31.2 Å². The largest absolute Gasteiger partial charge is 0.317 e. The van der Waals surface area contributed by atoms with Crippen LogP contribution in [0.5, 0.6) is 0 Å². The highest BCUT2D eigenvalue weighted by Crippen LogP contribution is 2.16. The Bertz CT molecular complexity index is 1390. The third kappa shape index (κ3) is 7.11. The molecule has 5 nitrogen and oxygen atoms in total. The van der Waals surface area contributed by atoms with Gasteiger partial charge in [0, 0.05) is 25.0 Å². The van der Waals surface area contributed by atoms with Gasteiger partial charge in [-0.2, -0.15) is 0 Å². The van der Waals surface area contributed by atoms with E-state index in [1.165, 1.54) is 22.1 Å². The predicted molar refractivity (Wildman–Crippen MR) is 150 cm³/mol. The van der Waals surface area contributed by atoms with Crippen LogP contribution in [0.2, 0.25) is 0 Å². The molecule has 2 aromatic heterocycles. The van der Waals surface area contributed by atoms with Crippen LogP contribution in [0.25, 0.3) is 10.9 Å². The second-order valence-electron chi connectivity index (χ2n) is 9.82. The Morgan fingerprint density at radius 1 is 0.730 bits per heavy atom. The number of rotatable bonds is 12. The van der Waals surface area contributed by atoms with Crippen LogP contribution in [0.1, 0.15) is 41.1 Å². The van der Waals surface area contributed by atoms with E-state index in [0.717, 1.165) is 68.9 Å². The van der Waals surface area contributed by atoms with Gasteiger partial charge in [0.25, 0.3) is 0 Å². The minimum absolute atomic E-state index is 0.749. The van der Waals surface area contributed by atoms with Gasteiger partial charge in [-0.25, -0.2) is 0 Å². The lowest BCUT2D eigenvalue weighted by Gasteiger charge is -2.22. The molecule has 0 saturated carbocycles. The highest BCUT2D eigenvalue weighted by atomic mass is 15.3. The number of aryl methyl sites for hydroxylation is 3. The van der Waals surface area contributed by atoms with E-state index in [-0.39, 0.29) is 0 Å². The summed E-state index contributed by atoms with van der Waals surface area (Å²) in [5.41, 5.74) is 6.17. The van der Waals surface area contributed by atoms with Crippen LogP contribution in [0.4, 0.5) is 0 Å². The first-order valence-corrected chi connectivity index (χ1v) is 13.3. The third-order valence-electron chi connectivity index (χ3n) is 6.90. The van der Waals surface area contributed by atoms with Gasteiger partial charge in [-0.3, -0.25) is 9.88 Å². The maximum Gasteiger partial charge on any atom is 0.147 e. The molecule has 0 fully saturated rings. The Morgan fingerprint density at radius 2 is 1.51 bits per heavy atom. The van der Waals surface area contributed by atoms with Gasteiger partial charge in [-0.15, -0.1) is 10.2 Å². The van der Waals surface area contributed by atoms with Gasteiger partial charge in [0.15, 0.2) is 0 Å². The summed E-state index contributed by atoms with van der Waals surface area (Å²) in [5.74, 6) is 1.02. The van der Waals surface area contributed by atoms with Crippen LogP contribution in [-0.2, 0) is 32.5 Å². The van der Waals surface area contributed by atoms with Crippen molar-refractivity contribution in [1.82, 2.24) is 24.6 Å². The second-order valence-corrected chi connectivity index (χ2v) is 9.82. The van der Waals surface area contributed by atoms with Gasteiger partial charge in [0.05, 0.1) is 17.8 Å². The van der Waals surface area contributed by atoms with Crippen LogP contribution in [0.15, 0.2) is 97.3 Å². The van der Waals surface area contributed by atoms with E-state index < -0.39 is 0 Å². The Balaban J connectivity index is 1.25. The molecule has 0 N–H and O–H groups in total. The summed E-state index contributed by atoms with van der Waals surface area (Å²) in [6.07, 6.45) is 6.23. The lowest BCUT2D eigenvalue weighted by molar-refractivity contribution is 0.246. The first kappa shape index (κ1) is 24.8. The SMILES string of the molecule is Cc1ccc(CCN(Cc2ccc3ccccc3n2)Cc2nncn2CCCCc2ccccc2)cc1. The highest BCUT2D eigenvalue weighted by Gasteiger charge is 2.14. The quantitative estimate of drug-likeness (QED) is 0.190. The van der Waals surface area contributed by atoms with Gasteiger partial charge in [-0.1, -0.05) is 84.4 Å². The number of pyridine rings is 1. The number of hydrogen-bond acceptors (Lipinski definition) is 4. The molecule has 37 heavy (non-hydrogen) atoms. The van der Waals surface area contributed by atoms with Crippen molar-refractivity contribution < 1.29 is 0 Å². The zero-order valence-electron chi connectivity index (χ0n) is 21.6. The smallest absolute Gasteiger partial charge is 0.147 e. The van der Waals surface area contributed by atoms with Gasteiger partial charge >= 0.3 is 0 Å². The minimum Gasteiger partial charge on any atom is -0.317 e. The van der Waals surface area contributed by atoms with E-state index in [4.69, 9.17) is 4.98 Å². The summed E-state index contributed by atoms with van der Waals surface area (Å²) >= 11 is 0. The van der Waals surface area contributed by atoms with Gasteiger partial charge in [-0.05, 0) is 55.9 Å². The molecule has 5 aromatic rings. The molecule has 0 radical (unpaired) electrons. The van der Waals surface area contributed by atoms with Crippen LogP contribution in [0, 0.1) is 6.92 Å². The molecule has 0 spiro atoms. The molecule has 0 amide bonds. The fourth-order valence-electron chi connectivity index (χ4n) is 4.73. The van der Waals surface area contributed by atoms with Gasteiger partial charge in [0.2, 0.25) is 0 Å². The standard InChI is InChI=1S/C32H35N5/c1-26-14-16-28(17-15-26)20-22-36(23-30-19-18-29-12-5-6-13-31(29)34-30)24-32-35-33-25-37(32)21-8-7-11-27-9-3-2-4-10-27/h2-6,9-10,12-19,25H,7-8,11,20-24H2,1H3. The van der Waals surface area contributed by atoms with Crippen molar-refractivity contribution in [1.29, 1.82) is 0 Å². The average molecular weight is 490 g/mol. The number of fused-ring (bicyclic) bond motifs is 1. The summed E-state index contributed by atoms with van der Waals surface area (Å²) in [5, 5.41) is 9.93. The Hall–Kier alpha value is -3.83. The summed E-state index contributed by atoms with van der Waals surface area (Å²) < 4.78 is 2.22. The molecule has 5 rings (SSSR count). The fraction of sp³-hybridized carbons (Fsp3) is 0.281. The van der Waals surface area contributed by atoms with Gasteiger partial charge < -0.3 is 4.57 Å². The van der Waals surface area contributed by atoms with E-state index in [9.17, 15) is 0 Å². The normalized spacial score (nSPS) is 11.4. The van der Waals surface area contributed by atoms with Crippen LogP contribution >= 0.6 is 0 Å². The molecule has 5 heteroatoms. The number of benzene rings is 3. The average Bonchev–Trinajstić information content (AvgIpc) is 3.38. The molecule has 0 unspecified atom stereocenters. The van der Waals surface area contributed by atoms with E-state index >= 15 is 0 Å². The van der Waals surface area contributed by atoms with E-state index in [0.29, 0.717) is 0 Å². The molecule has 0 aliphatic heterocycles. The van der Waals surface area contributed by atoms with E-state index in [1.54, 1.807) is 0 Å². The van der Waals surface area contributed by atoms with Crippen LogP contribution in [0.3, 0.4) is 0 Å². The zero-order valence-corrected chi connectivity index (χ0v) is 21.6. The molecular formula is C32H35N5. The van der Waals surface area contributed by atoms with Crippen molar-refractivity contribution >= 4 is 10.9 Å². The summed E-state index contributed by atoms with van der Waals surface area (Å²) in [7, 11) is 0. The maximum absolute atomic E-state index is 4.94. The van der Waals surface area contributed by atoms with Crippen molar-refractivity contribution in [3.63, 3.8) is 0 Å². The first-order chi connectivity index (χ1) is 18.2. The van der Waals surface area contributed by atoms with Crippen molar-refractivity contribution in [3.05, 3.63) is 126 Å². The summed E-state index contributed by atoms with van der Waals surface area (Å²) in [6.45, 7) is 5.53. The lowest BCUT2D eigenvalue weighted by atomic mass is 10.1. The molecule has 0 aliphatic rings. The van der Waals surface area contributed by atoms with E-state index in [1.807, 2.05) is 6.33 Å². The molecule has 3 aromatic carbocycles. The number of para-hydroxylation sites is 1. The van der Waals surface area contributed by atoms with Crippen molar-refractivity contribution in [3.8, 4) is 0 Å². The fourth-order valence-corrected chi connectivity index (χ4v) is 4.73. The molecule has 2 heterocycles. The van der Waals surface area contributed by atoms with Gasteiger partial charge in [0.1, 0.15) is 12.2 Å². The Labute approximate surface area is 219 Å². The molecule has 0 bridgehead atoms. The number of aromatic nitrogens is 4. The van der Waals surface area contributed by atoms with Crippen molar-refractivity contribution in [2.24, 2.45) is 0 Å². The Morgan fingerprint density at radius 3 is 2.38 bits per heavy atom. The van der Waals surface area contributed by atoms with E-state index in [2.05, 4.69) is 118 Å². The molecular weight excluding hydrogens is 454 g/mol. The van der Waals surface area contributed by atoms with Crippen molar-refractivity contribution in [2.75, 3.05) is 6.54 Å². The second kappa shape index (κ2) is 12.4. The monoisotopic (exact) mass is 489 g/mol. The topological polar surface area (TPSA) is 46.8 Å². The minimum atomic E-state index is 0.749. The summed E-state index contributed by atoms with van der Waals surface area (Å²) in [4.78, 5) is 7.38. The maximum atomic E-state index is 4.94. The number of hydrogen-bond donors (Lipinski definition) is 0. The molecule has 0 saturated heterocycles. The first-order valence-electron chi connectivity index (χ1n) is 13.3. The Kier molecular flexibility index (Phi) is 8.34. The lowest BCUT2D eigenvalue weighted by Crippen LogP contribution is -2.27. The third-order valence-corrected chi connectivity index (χ3v) is 6.90. The molecule has 188 valence electrons. The van der Waals surface area contributed by atoms with Crippen LogP contribution < -0.4 is 0 Å². The highest BCUT2D eigenvalue weighted by molar-refractivity contribution is 5.78. The molecule has 0 aliphatic carbocycles.